The highest BCUT2D eigenvalue weighted by molar-refractivity contribution is 7.99. The van der Waals surface area contributed by atoms with Crippen LogP contribution in [0.3, 0.4) is 0 Å². The smallest absolute Gasteiger partial charge is 0.164 e. The van der Waals surface area contributed by atoms with Crippen LogP contribution in [0, 0.1) is 0 Å². The summed E-state index contributed by atoms with van der Waals surface area (Å²) in [6.07, 6.45) is 1.91. The van der Waals surface area contributed by atoms with Gasteiger partial charge in [-0.1, -0.05) is 169 Å². The lowest BCUT2D eigenvalue weighted by Crippen LogP contribution is -2.00. The van der Waals surface area contributed by atoms with Crippen molar-refractivity contribution in [1.82, 2.24) is 19.9 Å². The van der Waals surface area contributed by atoms with Crippen molar-refractivity contribution in [3.8, 4) is 78.7 Å². The standard InChI is InChI=1S/C48H30N4S/c1-3-9-31(10-4-1)33-15-21-36(22-16-33)46-50-47(37-23-17-34(18-24-37)32-11-5-2-6-12-32)52-48(51-46)38-25-19-35(20-26-38)39-27-28-41-45-43(29-30-49-41)53-42-14-8-7-13-40(42)44(39)45/h1-30H. The monoisotopic (exact) mass is 694 g/mol. The molecule has 248 valence electrons. The predicted molar refractivity (Wildman–Crippen MR) is 217 cm³/mol. The average molecular weight is 695 g/mol. The highest BCUT2D eigenvalue weighted by atomic mass is 32.2. The van der Waals surface area contributed by atoms with E-state index in [0.29, 0.717) is 17.5 Å². The van der Waals surface area contributed by atoms with Crippen molar-refractivity contribution in [2.75, 3.05) is 0 Å². The van der Waals surface area contributed by atoms with Crippen LogP contribution in [-0.2, 0) is 0 Å². The summed E-state index contributed by atoms with van der Waals surface area (Å²) in [5.74, 6) is 1.90. The van der Waals surface area contributed by atoms with Gasteiger partial charge in [0.15, 0.2) is 17.5 Å². The van der Waals surface area contributed by atoms with Crippen LogP contribution in [0.1, 0.15) is 0 Å². The summed E-state index contributed by atoms with van der Waals surface area (Å²) in [4.78, 5) is 22.4. The minimum absolute atomic E-state index is 0.629. The Balaban J connectivity index is 1.06. The third-order valence-electron chi connectivity index (χ3n) is 9.84. The quantitative estimate of drug-likeness (QED) is 0.173. The number of rotatable bonds is 6. The fraction of sp³-hybridized carbons (Fsp3) is 0. The van der Waals surface area contributed by atoms with Crippen molar-refractivity contribution in [2.24, 2.45) is 0 Å². The van der Waals surface area contributed by atoms with Gasteiger partial charge in [-0.25, -0.2) is 15.0 Å². The van der Waals surface area contributed by atoms with Crippen LogP contribution in [0.5, 0.6) is 0 Å². The maximum atomic E-state index is 5.06. The van der Waals surface area contributed by atoms with Gasteiger partial charge < -0.3 is 0 Å². The summed E-state index contributed by atoms with van der Waals surface area (Å²) in [7, 11) is 0. The second kappa shape index (κ2) is 13.1. The van der Waals surface area contributed by atoms with Gasteiger partial charge in [-0.05, 0) is 57.1 Å². The lowest BCUT2D eigenvalue weighted by Gasteiger charge is -2.22. The van der Waals surface area contributed by atoms with Gasteiger partial charge in [-0.3, -0.25) is 4.98 Å². The first-order valence-electron chi connectivity index (χ1n) is 17.6. The SMILES string of the molecule is c1ccc(-c2ccc(-c3nc(-c4ccc(-c5ccccc5)cc4)nc(-c4ccc(-c5ccc6nccc7c6c5-c5ccccc5S7)cc4)n3)cc2)cc1. The molecule has 0 atom stereocenters. The molecule has 0 radical (unpaired) electrons. The molecular weight excluding hydrogens is 665 g/mol. The Morgan fingerprint density at radius 2 is 0.774 bits per heavy atom. The lowest BCUT2D eigenvalue weighted by molar-refractivity contribution is 1.07. The van der Waals surface area contributed by atoms with Crippen LogP contribution in [0.15, 0.2) is 192 Å². The Morgan fingerprint density at radius 3 is 1.32 bits per heavy atom. The largest absolute Gasteiger partial charge is 0.256 e. The van der Waals surface area contributed by atoms with Gasteiger partial charge in [0.05, 0.1) is 5.52 Å². The normalized spacial score (nSPS) is 11.7. The first-order chi connectivity index (χ1) is 26.2. The van der Waals surface area contributed by atoms with Crippen LogP contribution < -0.4 is 0 Å². The minimum Gasteiger partial charge on any atom is -0.256 e. The molecule has 3 heterocycles. The third-order valence-corrected chi connectivity index (χ3v) is 11.0. The number of hydrogen-bond acceptors (Lipinski definition) is 5. The molecule has 9 aromatic rings. The maximum absolute atomic E-state index is 5.06. The topological polar surface area (TPSA) is 51.6 Å². The summed E-state index contributed by atoms with van der Waals surface area (Å²) in [6.45, 7) is 0. The van der Waals surface area contributed by atoms with E-state index in [2.05, 4.69) is 164 Å². The van der Waals surface area contributed by atoms with Gasteiger partial charge >= 0.3 is 0 Å². The molecule has 0 bridgehead atoms. The van der Waals surface area contributed by atoms with Crippen molar-refractivity contribution in [2.45, 2.75) is 9.79 Å². The Hall–Kier alpha value is -6.69. The fourth-order valence-electron chi connectivity index (χ4n) is 7.15. The van der Waals surface area contributed by atoms with E-state index < -0.39 is 0 Å². The highest BCUT2D eigenvalue weighted by Gasteiger charge is 2.23. The van der Waals surface area contributed by atoms with E-state index in [4.69, 9.17) is 19.9 Å². The average Bonchev–Trinajstić information content (AvgIpc) is 3.24. The van der Waals surface area contributed by atoms with E-state index in [1.54, 1.807) is 0 Å². The predicted octanol–water partition coefficient (Wildman–Crippen LogP) is 12.6. The van der Waals surface area contributed by atoms with E-state index in [1.807, 2.05) is 30.1 Å². The van der Waals surface area contributed by atoms with E-state index in [0.717, 1.165) is 38.9 Å². The van der Waals surface area contributed by atoms with Crippen LogP contribution in [0.4, 0.5) is 0 Å². The van der Waals surface area contributed by atoms with Crippen LogP contribution in [0.2, 0.25) is 0 Å². The van der Waals surface area contributed by atoms with Crippen molar-refractivity contribution in [3.63, 3.8) is 0 Å². The van der Waals surface area contributed by atoms with Gasteiger partial charge in [0.1, 0.15) is 0 Å². The Labute approximate surface area is 312 Å². The molecule has 4 nitrogen and oxygen atoms in total. The molecule has 5 heteroatoms. The second-order valence-corrected chi connectivity index (χ2v) is 14.1. The Morgan fingerprint density at radius 1 is 0.321 bits per heavy atom. The molecule has 0 saturated carbocycles. The second-order valence-electron chi connectivity index (χ2n) is 13.1. The first-order valence-corrected chi connectivity index (χ1v) is 18.4. The van der Waals surface area contributed by atoms with Crippen molar-refractivity contribution in [1.29, 1.82) is 0 Å². The summed E-state index contributed by atoms with van der Waals surface area (Å²) in [6, 6.07) is 61.4. The van der Waals surface area contributed by atoms with E-state index in [-0.39, 0.29) is 0 Å². The number of fused-ring (bicyclic) bond motifs is 2. The lowest BCUT2D eigenvalue weighted by atomic mass is 9.90. The van der Waals surface area contributed by atoms with Gasteiger partial charge in [0.25, 0.3) is 0 Å². The molecular formula is C48H30N4S. The van der Waals surface area contributed by atoms with Gasteiger partial charge in [0, 0.05) is 43.6 Å². The van der Waals surface area contributed by atoms with Crippen LogP contribution in [0.25, 0.3) is 89.6 Å². The van der Waals surface area contributed by atoms with Crippen LogP contribution >= 0.6 is 11.8 Å². The number of benzene rings is 7. The van der Waals surface area contributed by atoms with Gasteiger partial charge in [-0.2, -0.15) is 0 Å². The molecule has 53 heavy (non-hydrogen) atoms. The zero-order chi connectivity index (χ0) is 35.1. The number of pyridine rings is 1. The number of hydrogen-bond donors (Lipinski definition) is 0. The molecule has 0 N–H and O–H groups in total. The molecule has 0 fully saturated rings. The number of aromatic nitrogens is 4. The maximum Gasteiger partial charge on any atom is 0.164 e. The third kappa shape index (κ3) is 5.78. The molecule has 7 aromatic carbocycles. The summed E-state index contributed by atoms with van der Waals surface area (Å²) in [5, 5.41) is 1.21. The highest BCUT2D eigenvalue weighted by Crippen LogP contribution is 2.50. The zero-order valence-corrected chi connectivity index (χ0v) is 29.3. The van der Waals surface area contributed by atoms with Gasteiger partial charge in [0.2, 0.25) is 0 Å². The van der Waals surface area contributed by atoms with Crippen molar-refractivity contribution >= 4 is 22.7 Å². The first kappa shape index (κ1) is 31.1. The van der Waals surface area contributed by atoms with Crippen molar-refractivity contribution < 1.29 is 0 Å². The van der Waals surface area contributed by atoms with Crippen molar-refractivity contribution in [3.05, 3.63) is 182 Å². The molecule has 0 spiro atoms. The molecule has 0 amide bonds. The van der Waals surface area contributed by atoms with E-state index in [9.17, 15) is 0 Å². The van der Waals surface area contributed by atoms with E-state index >= 15 is 0 Å². The molecule has 2 aromatic heterocycles. The van der Waals surface area contributed by atoms with Crippen LogP contribution in [-0.4, -0.2) is 19.9 Å². The zero-order valence-electron chi connectivity index (χ0n) is 28.5. The Kier molecular flexibility index (Phi) is 7.70. The minimum atomic E-state index is 0.629. The molecule has 0 saturated heterocycles. The number of nitrogens with zero attached hydrogens (tertiary/aromatic N) is 4. The summed E-state index contributed by atoms with van der Waals surface area (Å²) in [5.41, 5.74) is 13.2. The summed E-state index contributed by atoms with van der Waals surface area (Å²) >= 11 is 1.81. The molecule has 10 rings (SSSR count). The molecule has 1 aliphatic heterocycles. The molecule has 1 aliphatic rings. The fourth-order valence-corrected chi connectivity index (χ4v) is 8.25. The molecule has 0 aliphatic carbocycles. The Bertz CT molecular complexity index is 2660. The van der Waals surface area contributed by atoms with Gasteiger partial charge in [-0.15, -0.1) is 0 Å². The molecule has 0 unspecified atom stereocenters. The summed E-state index contributed by atoms with van der Waals surface area (Å²) < 4.78 is 0. The van der Waals surface area contributed by atoms with E-state index in [1.165, 1.54) is 43.0 Å².